The van der Waals surface area contributed by atoms with Crippen LogP contribution in [0.3, 0.4) is 0 Å². The van der Waals surface area contributed by atoms with Gasteiger partial charge in [-0.2, -0.15) is 4.99 Å². The summed E-state index contributed by atoms with van der Waals surface area (Å²) in [5.41, 5.74) is 3.30. The van der Waals surface area contributed by atoms with Gasteiger partial charge in [-0.05, 0) is 24.6 Å². The second-order valence-corrected chi connectivity index (χ2v) is 6.61. The number of amides is 1. The van der Waals surface area contributed by atoms with E-state index in [1.54, 1.807) is 6.20 Å². The fourth-order valence-electron chi connectivity index (χ4n) is 2.68. The molecule has 1 aromatic carbocycles. The van der Waals surface area contributed by atoms with Gasteiger partial charge in [0, 0.05) is 30.0 Å². The molecule has 0 atom stereocenters. The Morgan fingerprint density at radius 1 is 1.16 bits per heavy atom. The molecule has 0 bridgehead atoms. The van der Waals surface area contributed by atoms with Gasteiger partial charge in [-0.3, -0.25) is 4.79 Å². The normalized spacial score (nSPS) is 12.0. The van der Waals surface area contributed by atoms with Gasteiger partial charge >= 0.3 is 0 Å². The Morgan fingerprint density at radius 2 is 2.00 bits per heavy atom. The molecule has 25 heavy (non-hydrogen) atoms. The molecule has 124 valence electrons. The van der Waals surface area contributed by atoms with Crippen LogP contribution in [-0.4, -0.2) is 19.9 Å². The molecule has 6 heteroatoms. The number of carbonyl (C=O) groups excluding carboxylic acids is 1. The van der Waals surface area contributed by atoms with Gasteiger partial charge in [0.1, 0.15) is 11.3 Å². The van der Waals surface area contributed by atoms with Crippen molar-refractivity contribution in [3.05, 3.63) is 88.1 Å². The number of aromatic nitrogens is 3. The van der Waals surface area contributed by atoms with Crippen LogP contribution >= 0.6 is 11.3 Å². The minimum absolute atomic E-state index is 0.327. The summed E-state index contributed by atoms with van der Waals surface area (Å²) in [4.78, 5) is 21.9. The van der Waals surface area contributed by atoms with Crippen LogP contribution in [0, 0.1) is 6.92 Å². The molecule has 0 saturated carbocycles. The third kappa shape index (κ3) is 3.16. The first-order valence-corrected chi connectivity index (χ1v) is 8.80. The summed E-state index contributed by atoms with van der Waals surface area (Å²) in [6.07, 6.45) is 3.68. The molecule has 0 fully saturated rings. The summed E-state index contributed by atoms with van der Waals surface area (Å²) < 4.78 is 3.87. The van der Waals surface area contributed by atoms with Crippen molar-refractivity contribution < 1.29 is 4.79 Å². The van der Waals surface area contributed by atoms with E-state index in [0.717, 1.165) is 16.9 Å². The van der Waals surface area contributed by atoms with Crippen molar-refractivity contribution in [1.29, 1.82) is 0 Å². The second-order valence-electron chi connectivity index (χ2n) is 5.74. The summed E-state index contributed by atoms with van der Waals surface area (Å²) in [6.45, 7) is 2.66. The van der Waals surface area contributed by atoms with E-state index in [1.165, 1.54) is 11.3 Å². The minimum atomic E-state index is -0.327. The Hall–Kier alpha value is -2.99. The number of rotatable bonds is 3. The second kappa shape index (κ2) is 6.49. The Morgan fingerprint density at radius 3 is 2.80 bits per heavy atom. The van der Waals surface area contributed by atoms with Gasteiger partial charge in [0.2, 0.25) is 0 Å². The number of hydrogen-bond acceptors (Lipinski definition) is 3. The molecule has 0 aliphatic carbocycles. The largest absolute Gasteiger partial charge is 0.319 e. The van der Waals surface area contributed by atoms with Crippen molar-refractivity contribution >= 4 is 22.9 Å². The van der Waals surface area contributed by atoms with E-state index in [-0.39, 0.29) is 5.91 Å². The molecule has 0 spiro atoms. The maximum Gasteiger partial charge on any atom is 0.299 e. The molecule has 1 amide bonds. The van der Waals surface area contributed by atoms with Crippen LogP contribution in [0.4, 0.5) is 0 Å². The number of aryl methyl sites for hydroxylation is 1. The van der Waals surface area contributed by atoms with Crippen LogP contribution in [0.25, 0.3) is 5.65 Å². The standard InChI is InChI=1S/C19H16N4OS/c1-14-6-5-9-17-20-16(13-23(14)17)18(24)21-19-22(10-11-25-19)12-15-7-3-2-4-8-15/h2-11,13H,12H2,1H3. The van der Waals surface area contributed by atoms with Crippen molar-refractivity contribution in [2.45, 2.75) is 13.5 Å². The van der Waals surface area contributed by atoms with Gasteiger partial charge in [0.05, 0.1) is 0 Å². The maximum atomic E-state index is 12.5. The molecule has 4 rings (SSSR count). The molecule has 0 aliphatic heterocycles. The van der Waals surface area contributed by atoms with Crippen molar-refractivity contribution in [3.63, 3.8) is 0 Å². The summed E-state index contributed by atoms with van der Waals surface area (Å²) in [5, 5.41) is 1.93. The number of pyridine rings is 1. The van der Waals surface area contributed by atoms with Crippen molar-refractivity contribution in [2.24, 2.45) is 4.99 Å². The lowest BCUT2D eigenvalue weighted by atomic mass is 10.2. The first-order valence-electron chi connectivity index (χ1n) is 7.92. The molecular weight excluding hydrogens is 332 g/mol. The van der Waals surface area contributed by atoms with E-state index < -0.39 is 0 Å². The predicted octanol–water partition coefficient (Wildman–Crippen LogP) is 3.30. The van der Waals surface area contributed by atoms with E-state index in [4.69, 9.17) is 0 Å². The third-order valence-electron chi connectivity index (χ3n) is 3.97. The zero-order chi connectivity index (χ0) is 17.2. The molecule has 3 aromatic heterocycles. The predicted molar refractivity (Wildman–Crippen MR) is 97.7 cm³/mol. The lowest BCUT2D eigenvalue weighted by Crippen LogP contribution is -2.17. The zero-order valence-corrected chi connectivity index (χ0v) is 14.5. The van der Waals surface area contributed by atoms with E-state index in [2.05, 4.69) is 22.1 Å². The van der Waals surface area contributed by atoms with Gasteiger partial charge in [0.25, 0.3) is 5.91 Å². The Kier molecular flexibility index (Phi) is 4.03. The van der Waals surface area contributed by atoms with Gasteiger partial charge < -0.3 is 8.97 Å². The first kappa shape index (κ1) is 15.5. The quantitative estimate of drug-likeness (QED) is 0.570. The molecule has 0 saturated heterocycles. The van der Waals surface area contributed by atoms with Crippen LogP contribution in [0.1, 0.15) is 21.7 Å². The summed E-state index contributed by atoms with van der Waals surface area (Å²) in [6, 6.07) is 15.9. The van der Waals surface area contributed by atoms with Crippen molar-refractivity contribution in [1.82, 2.24) is 14.0 Å². The number of hydrogen-bond donors (Lipinski definition) is 0. The molecule has 0 aliphatic rings. The van der Waals surface area contributed by atoms with Crippen LogP contribution in [-0.2, 0) is 6.54 Å². The number of carbonyl (C=O) groups is 1. The maximum absolute atomic E-state index is 12.5. The highest BCUT2D eigenvalue weighted by atomic mass is 32.1. The average Bonchev–Trinajstić information content (AvgIpc) is 3.24. The first-order chi connectivity index (χ1) is 12.2. The van der Waals surface area contributed by atoms with Crippen molar-refractivity contribution in [2.75, 3.05) is 0 Å². The van der Waals surface area contributed by atoms with Gasteiger partial charge in [-0.15, -0.1) is 11.3 Å². The van der Waals surface area contributed by atoms with Gasteiger partial charge in [-0.1, -0.05) is 36.4 Å². The number of fused-ring (bicyclic) bond motifs is 1. The van der Waals surface area contributed by atoms with Crippen LogP contribution in [0.15, 0.2) is 71.3 Å². The fraction of sp³-hybridized carbons (Fsp3) is 0.105. The molecule has 0 N–H and O–H groups in total. The fourth-order valence-corrected chi connectivity index (χ4v) is 3.41. The molecule has 3 heterocycles. The SMILES string of the molecule is Cc1cccc2nc(C(=O)N=c3sccn3Cc3ccccc3)cn12. The smallest absolute Gasteiger partial charge is 0.299 e. The lowest BCUT2D eigenvalue weighted by Gasteiger charge is -2.02. The van der Waals surface area contributed by atoms with Crippen LogP contribution < -0.4 is 4.80 Å². The molecular formula is C19H16N4OS. The van der Waals surface area contributed by atoms with E-state index in [9.17, 15) is 4.79 Å². The Balaban J connectivity index is 1.67. The van der Waals surface area contributed by atoms with E-state index in [0.29, 0.717) is 17.0 Å². The third-order valence-corrected chi connectivity index (χ3v) is 4.76. The Bertz CT molecular complexity index is 1110. The molecule has 4 aromatic rings. The van der Waals surface area contributed by atoms with Crippen LogP contribution in [0.5, 0.6) is 0 Å². The van der Waals surface area contributed by atoms with Crippen LogP contribution in [0.2, 0.25) is 0 Å². The van der Waals surface area contributed by atoms with E-state index >= 15 is 0 Å². The lowest BCUT2D eigenvalue weighted by molar-refractivity contribution is 0.0993. The highest BCUT2D eigenvalue weighted by Crippen LogP contribution is 2.09. The molecule has 0 unspecified atom stereocenters. The van der Waals surface area contributed by atoms with E-state index in [1.807, 2.05) is 63.9 Å². The number of benzene rings is 1. The number of imidazole rings is 1. The topological polar surface area (TPSA) is 51.7 Å². The monoisotopic (exact) mass is 348 g/mol. The summed E-state index contributed by atoms with van der Waals surface area (Å²) in [7, 11) is 0. The molecule has 5 nitrogen and oxygen atoms in total. The van der Waals surface area contributed by atoms with Gasteiger partial charge in [-0.25, -0.2) is 4.98 Å². The average molecular weight is 348 g/mol. The zero-order valence-electron chi connectivity index (χ0n) is 13.7. The molecule has 0 radical (unpaired) electrons. The highest BCUT2D eigenvalue weighted by molar-refractivity contribution is 7.07. The number of nitrogens with zero attached hydrogens (tertiary/aromatic N) is 4. The van der Waals surface area contributed by atoms with Crippen molar-refractivity contribution in [3.8, 4) is 0 Å². The highest BCUT2D eigenvalue weighted by Gasteiger charge is 2.11. The minimum Gasteiger partial charge on any atom is -0.319 e. The summed E-state index contributed by atoms with van der Waals surface area (Å²) in [5.74, 6) is -0.327. The summed E-state index contributed by atoms with van der Waals surface area (Å²) >= 11 is 1.44. The Labute approximate surface area is 148 Å². The van der Waals surface area contributed by atoms with Gasteiger partial charge in [0.15, 0.2) is 4.80 Å². The number of thiazole rings is 1.